The van der Waals surface area contributed by atoms with Gasteiger partial charge in [0.1, 0.15) is 0 Å². The van der Waals surface area contributed by atoms with E-state index in [1.807, 2.05) is 0 Å². The van der Waals surface area contributed by atoms with Crippen LogP contribution in [-0.2, 0) is 4.79 Å². The molecule has 0 saturated heterocycles. The third-order valence-electron chi connectivity index (χ3n) is 0.996. The standard InChI is InChI=1S/C5H12N2O/c1-4(3-7-2)5(6)8/h4,7H,3H2,1-2H3,(H2,6,8)/t4-/m0/s1. The number of carbonyl (C=O) groups excluding carboxylic acids is 1. The summed E-state index contributed by atoms with van der Waals surface area (Å²) in [5.41, 5.74) is 4.94. The van der Waals surface area contributed by atoms with Gasteiger partial charge in [-0.1, -0.05) is 6.92 Å². The van der Waals surface area contributed by atoms with Gasteiger partial charge in [0.2, 0.25) is 5.91 Å². The van der Waals surface area contributed by atoms with Crippen LogP contribution in [0.4, 0.5) is 0 Å². The molecule has 0 aliphatic heterocycles. The average Bonchev–Trinajstić information content (AvgIpc) is 1.67. The lowest BCUT2D eigenvalue weighted by atomic mass is 10.2. The highest BCUT2D eigenvalue weighted by Gasteiger charge is 2.04. The minimum absolute atomic E-state index is 0.0556. The number of primary amides is 1. The van der Waals surface area contributed by atoms with Crippen molar-refractivity contribution in [1.82, 2.24) is 5.32 Å². The number of hydrogen-bond acceptors (Lipinski definition) is 2. The summed E-state index contributed by atoms with van der Waals surface area (Å²) in [6.45, 7) is 2.45. The third-order valence-corrected chi connectivity index (χ3v) is 0.996. The molecule has 0 spiro atoms. The van der Waals surface area contributed by atoms with Crippen molar-refractivity contribution in [2.45, 2.75) is 6.92 Å². The van der Waals surface area contributed by atoms with Gasteiger partial charge in [0, 0.05) is 12.5 Å². The van der Waals surface area contributed by atoms with Gasteiger partial charge in [-0.25, -0.2) is 0 Å². The summed E-state index contributed by atoms with van der Waals surface area (Å²) in [4.78, 5) is 10.3. The highest BCUT2D eigenvalue weighted by molar-refractivity contribution is 5.76. The maximum Gasteiger partial charge on any atom is 0.221 e. The summed E-state index contributed by atoms with van der Waals surface area (Å²) in [5, 5.41) is 2.85. The molecule has 0 unspecified atom stereocenters. The van der Waals surface area contributed by atoms with Crippen LogP contribution in [0.1, 0.15) is 6.92 Å². The minimum atomic E-state index is -0.251. The number of amides is 1. The Bertz CT molecular complexity index is 82.5. The van der Waals surface area contributed by atoms with E-state index in [9.17, 15) is 4.79 Å². The van der Waals surface area contributed by atoms with E-state index in [1.54, 1.807) is 14.0 Å². The lowest BCUT2D eigenvalue weighted by molar-refractivity contribution is -0.121. The monoisotopic (exact) mass is 116 g/mol. The van der Waals surface area contributed by atoms with Gasteiger partial charge < -0.3 is 11.1 Å². The van der Waals surface area contributed by atoms with Gasteiger partial charge in [0.25, 0.3) is 0 Å². The van der Waals surface area contributed by atoms with Crippen LogP contribution in [0.15, 0.2) is 0 Å². The molecular weight excluding hydrogens is 104 g/mol. The third kappa shape index (κ3) is 2.58. The first-order valence-electron chi connectivity index (χ1n) is 2.62. The molecule has 0 saturated carbocycles. The zero-order valence-corrected chi connectivity index (χ0v) is 5.27. The van der Waals surface area contributed by atoms with E-state index in [0.717, 1.165) is 0 Å². The largest absolute Gasteiger partial charge is 0.369 e. The normalized spacial score (nSPS) is 13.2. The molecule has 0 aromatic carbocycles. The lowest BCUT2D eigenvalue weighted by Gasteiger charge is -2.02. The van der Waals surface area contributed by atoms with E-state index in [-0.39, 0.29) is 11.8 Å². The average molecular weight is 116 g/mol. The Kier molecular flexibility index (Phi) is 3.19. The van der Waals surface area contributed by atoms with Crippen molar-refractivity contribution in [3.05, 3.63) is 0 Å². The molecule has 0 aromatic rings. The fraction of sp³-hybridized carbons (Fsp3) is 0.800. The van der Waals surface area contributed by atoms with Gasteiger partial charge in [-0.05, 0) is 7.05 Å². The van der Waals surface area contributed by atoms with Crippen LogP contribution >= 0.6 is 0 Å². The fourth-order valence-electron chi connectivity index (χ4n) is 0.407. The Morgan fingerprint density at radius 1 is 1.88 bits per heavy atom. The number of carbonyl (C=O) groups is 1. The highest BCUT2D eigenvalue weighted by Crippen LogP contribution is 1.86. The van der Waals surface area contributed by atoms with Gasteiger partial charge >= 0.3 is 0 Å². The Morgan fingerprint density at radius 3 is 2.50 bits per heavy atom. The summed E-state index contributed by atoms with van der Waals surface area (Å²) in [6.07, 6.45) is 0. The zero-order valence-electron chi connectivity index (χ0n) is 5.27. The van der Waals surface area contributed by atoms with Crippen molar-refractivity contribution in [2.75, 3.05) is 13.6 Å². The maximum atomic E-state index is 10.3. The Hall–Kier alpha value is -0.570. The molecule has 8 heavy (non-hydrogen) atoms. The van der Waals surface area contributed by atoms with Gasteiger partial charge in [-0.15, -0.1) is 0 Å². The molecule has 0 rings (SSSR count). The first-order chi connectivity index (χ1) is 3.68. The molecule has 0 aromatic heterocycles. The van der Waals surface area contributed by atoms with Crippen molar-refractivity contribution in [3.8, 4) is 0 Å². The molecule has 0 aliphatic rings. The van der Waals surface area contributed by atoms with Gasteiger partial charge in [-0.3, -0.25) is 4.79 Å². The van der Waals surface area contributed by atoms with Crippen LogP contribution in [0.25, 0.3) is 0 Å². The predicted molar refractivity (Wildman–Crippen MR) is 32.3 cm³/mol. The zero-order chi connectivity index (χ0) is 6.57. The summed E-state index contributed by atoms with van der Waals surface area (Å²) >= 11 is 0. The number of nitrogens with one attached hydrogen (secondary N) is 1. The van der Waals surface area contributed by atoms with E-state index in [4.69, 9.17) is 5.73 Å². The summed E-state index contributed by atoms with van der Waals surface area (Å²) in [5.74, 6) is -0.306. The van der Waals surface area contributed by atoms with Crippen LogP contribution in [0.3, 0.4) is 0 Å². The molecule has 0 aliphatic carbocycles. The molecule has 3 N–H and O–H groups in total. The molecule has 1 atom stereocenters. The van der Waals surface area contributed by atoms with E-state index >= 15 is 0 Å². The lowest BCUT2D eigenvalue weighted by Crippen LogP contribution is -2.28. The summed E-state index contributed by atoms with van der Waals surface area (Å²) < 4.78 is 0. The molecular formula is C5H12N2O. The van der Waals surface area contributed by atoms with Crippen molar-refractivity contribution in [3.63, 3.8) is 0 Å². The highest BCUT2D eigenvalue weighted by atomic mass is 16.1. The maximum absolute atomic E-state index is 10.3. The molecule has 0 fully saturated rings. The molecule has 3 heteroatoms. The molecule has 1 amide bonds. The summed E-state index contributed by atoms with van der Waals surface area (Å²) in [7, 11) is 1.79. The van der Waals surface area contributed by atoms with E-state index in [1.165, 1.54) is 0 Å². The topological polar surface area (TPSA) is 55.1 Å². The molecule has 3 nitrogen and oxygen atoms in total. The Labute approximate surface area is 49.3 Å². The van der Waals surface area contributed by atoms with Crippen molar-refractivity contribution < 1.29 is 4.79 Å². The number of rotatable bonds is 3. The fourth-order valence-corrected chi connectivity index (χ4v) is 0.407. The van der Waals surface area contributed by atoms with Gasteiger partial charge in [0.05, 0.1) is 0 Å². The first-order valence-corrected chi connectivity index (χ1v) is 2.62. The molecule has 0 bridgehead atoms. The smallest absolute Gasteiger partial charge is 0.221 e. The van der Waals surface area contributed by atoms with Crippen molar-refractivity contribution >= 4 is 5.91 Å². The van der Waals surface area contributed by atoms with Crippen LogP contribution < -0.4 is 11.1 Å². The predicted octanol–water partition coefficient (Wildman–Crippen LogP) is -0.673. The van der Waals surface area contributed by atoms with Gasteiger partial charge in [0.15, 0.2) is 0 Å². The van der Waals surface area contributed by atoms with Gasteiger partial charge in [-0.2, -0.15) is 0 Å². The molecule has 0 heterocycles. The summed E-state index contributed by atoms with van der Waals surface area (Å²) in [6, 6.07) is 0. The SMILES string of the molecule is CNC[C@H](C)C(N)=O. The van der Waals surface area contributed by atoms with Crippen molar-refractivity contribution in [1.29, 1.82) is 0 Å². The molecule has 48 valence electrons. The van der Waals surface area contributed by atoms with Crippen LogP contribution in [0, 0.1) is 5.92 Å². The second-order valence-electron chi connectivity index (χ2n) is 1.86. The quantitative estimate of drug-likeness (QED) is 0.513. The van der Waals surface area contributed by atoms with E-state index < -0.39 is 0 Å². The number of hydrogen-bond donors (Lipinski definition) is 2. The van der Waals surface area contributed by atoms with Crippen LogP contribution in [0.2, 0.25) is 0 Å². The Balaban J connectivity index is 3.32. The van der Waals surface area contributed by atoms with Crippen LogP contribution in [0.5, 0.6) is 0 Å². The second-order valence-corrected chi connectivity index (χ2v) is 1.86. The van der Waals surface area contributed by atoms with E-state index in [0.29, 0.717) is 6.54 Å². The molecule has 0 radical (unpaired) electrons. The van der Waals surface area contributed by atoms with Crippen LogP contribution in [-0.4, -0.2) is 19.5 Å². The second kappa shape index (κ2) is 3.43. The minimum Gasteiger partial charge on any atom is -0.369 e. The number of nitrogens with two attached hydrogens (primary N) is 1. The van der Waals surface area contributed by atoms with E-state index in [2.05, 4.69) is 5.32 Å². The first kappa shape index (κ1) is 7.43. The van der Waals surface area contributed by atoms with Crippen molar-refractivity contribution in [2.24, 2.45) is 11.7 Å². The Morgan fingerprint density at radius 2 is 2.38 bits per heavy atom.